The van der Waals surface area contributed by atoms with Crippen molar-refractivity contribution in [3.8, 4) is 5.75 Å². The van der Waals surface area contributed by atoms with Crippen molar-refractivity contribution >= 4 is 33.3 Å². The summed E-state index contributed by atoms with van der Waals surface area (Å²) in [5.41, 5.74) is 1.14. The number of ether oxygens (including phenoxy) is 1. The van der Waals surface area contributed by atoms with E-state index in [-0.39, 0.29) is 5.82 Å². The van der Waals surface area contributed by atoms with Crippen molar-refractivity contribution in [1.82, 2.24) is 0 Å². The molecule has 2 rings (SSSR count). The van der Waals surface area contributed by atoms with Crippen LogP contribution in [0.2, 0.25) is 0 Å². The first-order chi connectivity index (χ1) is 10.8. The van der Waals surface area contributed by atoms with Crippen LogP contribution >= 0.6 is 33.3 Å². The fourth-order valence-corrected chi connectivity index (χ4v) is 4.25. The second-order valence-corrected chi connectivity index (χ2v) is 7.71. The summed E-state index contributed by atoms with van der Waals surface area (Å²) in [6, 6.07) is 14.7. The van der Waals surface area contributed by atoms with Gasteiger partial charge >= 0.3 is 0 Å². The third kappa shape index (κ3) is 6.38. The van der Waals surface area contributed by atoms with E-state index in [2.05, 4.69) is 17.6 Å². The molecule has 0 aliphatic rings. The van der Waals surface area contributed by atoms with Gasteiger partial charge in [-0.1, -0.05) is 45.9 Å². The van der Waals surface area contributed by atoms with Gasteiger partial charge < -0.3 is 4.74 Å². The molecule has 1 nitrogen and oxygen atoms in total. The van der Waals surface area contributed by atoms with E-state index in [0.29, 0.717) is 0 Å². The maximum absolute atomic E-state index is 12.8. The van der Waals surface area contributed by atoms with Crippen LogP contribution in [-0.2, 0) is 5.75 Å². The molecule has 2 aromatic carbocycles. The van der Waals surface area contributed by atoms with Crippen LogP contribution < -0.4 is 4.74 Å². The van der Waals surface area contributed by atoms with Crippen molar-refractivity contribution in [3.63, 3.8) is 0 Å². The normalized spacial score (nSPS) is 11.0. The van der Waals surface area contributed by atoms with Crippen LogP contribution in [0.1, 0.15) is 5.56 Å². The Morgan fingerprint density at radius 1 is 1.14 bits per heavy atom. The Balaban J connectivity index is 1.62. The minimum Gasteiger partial charge on any atom is -0.497 e. The third-order valence-electron chi connectivity index (χ3n) is 2.75. The maximum Gasteiger partial charge on any atom is 0.123 e. The smallest absolute Gasteiger partial charge is 0.123 e. The summed E-state index contributed by atoms with van der Waals surface area (Å²) in [4.78, 5) is 1.20. The first-order valence-electron chi connectivity index (χ1n) is 6.72. The van der Waals surface area contributed by atoms with E-state index in [1.54, 1.807) is 40.5 Å². The molecule has 0 aliphatic carbocycles. The van der Waals surface area contributed by atoms with E-state index in [1.165, 1.54) is 17.0 Å². The van der Waals surface area contributed by atoms with Crippen LogP contribution in [0.25, 0.3) is 0 Å². The van der Waals surface area contributed by atoms with Gasteiger partial charge in [0.25, 0.3) is 0 Å². The average Bonchev–Trinajstić information content (AvgIpc) is 2.56. The molecule has 2 aromatic rings. The van der Waals surface area contributed by atoms with Crippen LogP contribution in [0.4, 0.5) is 4.39 Å². The number of methoxy groups -OCH3 is 1. The van der Waals surface area contributed by atoms with Gasteiger partial charge in [-0.3, -0.25) is 0 Å². The quantitative estimate of drug-likeness (QED) is 0.326. The molecule has 22 heavy (non-hydrogen) atoms. The number of halogens is 1. The number of hydrogen-bond acceptors (Lipinski definition) is 4. The minimum atomic E-state index is -0.184. The first-order valence-corrected chi connectivity index (χ1v) is 10.1. The van der Waals surface area contributed by atoms with Crippen molar-refractivity contribution < 1.29 is 9.13 Å². The summed E-state index contributed by atoms with van der Waals surface area (Å²) in [6.07, 6.45) is 2.15. The molecule has 0 saturated carbocycles. The van der Waals surface area contributed by atoms with E-state index in [9.17, 15) is 4.39 Å². The Hall–Kier alpha value is -1.04. The molecule has 0 fully saturated rings. The average molecular weight is 353 g/mol. The molecule has 0 unspecified atom stereocenters. The Morgan fingerprint density at radius 2 is 1.95 bits per heavy atom. The predicted molar refractivity (Wildman–Crippen MR) is 98.1 cm³/mol. The summed E-state index contributed by atoms with van der Waals surface area (Å²) in [6.45, 7) is 0. The Morgan fingerprint density at radius 3 is 2.73 bits per heavy atom. The topological polar surface area (TPSA) is 9.23 Å². The third-order valence-corrected chi connectivity index (χ3v) is 5.68. The summed E-state index contributed by atoms with van der Waals surface area (Å²) < 4.78 is 18.0. The van der Waals surface area contributed by atoms with Gasteiger partial charge in [-0.15, -0.1) is 11.8 Å². The fraction of sp³-hybridized carbons (Fsp3) is 0.176. The molecule has 0 spiro atoms. The van der Waals surface area contributed by atoms with Crippen molar-refractivity contribution in [2.24, 2.45) is 0 Å². The molecule has 0 atom stereocenters. The zero-order valence-corrected chi connectivity index (χ0v) is 14.6. The Kier molecular flexibility index (Phi) is 7.77. The number of rotatable bonds is 8. The summed E-state index contributed by atoms with van der Waals surface area (Å²) in [7, 11) is 5.12. The Bertz CT molecular complexity index is 599. The lowest BCUT2D eigenvalue weighted by Gasteiger charge is -2.02. The van der Waals surface area contributed by atoms with Gasteiger partial charge in [0.1, 0.15) is 11.6 Å². The minimum absolute atomic E-state index is 0.184. The van der Waals surface area contributed by atoms with Gasteiger partial charge in [-0.2, -0.15) is 0 Å². The molecule has 116 valence electrons. The molecule has 0 saturated heterocycles. The van der Waals surface area contributed by atoms with Crippen LogP contribution in [-0.4, -0.2) is 12.9 Å². The summed E-state index contributed by atoms with van der Waals surface area (Å²) in [5, 5.41) is 2.10. The highest BCUT2D eigenvalue weighted by Gasteiger charge is 1.96. The standard InChI is InChI=1S/C17H17FOS3/c1-19-16-4-2-5-17(12-16)20-10-3-11-21-22-13-14-6-8-15(18)9-7-14/h2-9,11-12H,10,13H2,1H3/b11-3-. The molecule has 0 radical (unpaired) electrons. The van der Waals surface area contributed by atoms with Crippen molar-refractivity contribution in [2.45, 2.75) is 10.6 Å². The second kappa shape index (κ2) is 9.87. The molecule has 0 aliphatic heterocycles. The lowest BCUT2D eigenvalue weighted by molar-refractivity contribution is 0.413. The molecule has 0 aromatic heterocycles. The van der Waals surface area contributed by atoms with Gasteiger partial charge in [-0.05, 0) is 41.3 Å². The van der Waals surface area contributed by atoms with Gasteiger partial charge in [0.2, 0.25) is 0 Å². The highest BCUT2D eigenvalue weighted by atomic mass is 33.1. The summed E-state index contributed by atoms with van der Waals surface area (Å²) in [5.74, 6) is 2.50. The first kappa shape index (κ1) is 17.3. The van der Waals surface area contributed by atoms with E-state index < -0.39 is 0 Å². The van der Waals surface area contributed by atoms with Crippen molar-refractivity contribution in [3.05, 3.63) is 71.4 Å². The molecule has 5 heteroatoms. The largest absolute Gasteiger partial charge is 0.497 e. The highest BCUT2D eigenvalue weighted by Crippen LogP contribution is 2.28. The van der Waals surface area contributed by atoms with Gasteiger partial charge in [0.05, 0.1) is 7.11 Å². The van der Waals surface area contributed by atoms with E-state index >= 15 is 0 Å². The van der Waals surface area contributed by atoms with Gasteiger partial charge in [0, 0.05) is 16.4 Å². The van der Waals surface area contributed by atoms with Crippen molar-refractivity contribution in [2.75, 3.05) is 12.9 Å². The van der Waals surface area contributed by atoms with Crippen LogP contribution in [0.5, 0.6) is 5.75 Å². The maximum atomic E-state index is 12.8. The van der Waals surface area contributed by atoms with Crippen molar-refractivity contribution in [1.29, 1.82) is 0 Å². The lowest BCUT2D eigenvalue weighted by Crippen LogP contribution is -1.82. The monoisotopic (exact) mass is 352 g/mol. The number of benzene rings is 2. The fourth-order valence-electron chi connectivity index (χ4n) is 1.64. The highest BCUT2D eigenvalue weighted by molar-refractivity contribution is 8.77. The predicted octanol–water partition coefficient (Wildman–Crippen LogP) is 6.02. The molecule has 0 amide bonds. The molecular weight excluding hydrogens is 335 g/mol. The molecular formula is C17H17FOS3. The van der Waals surface area contributed by atoms with Gasteiger partial charge in [0.15, 0.2) is 0 Å². The zero-order valence-electron chi connectivity index (χ0n) is 12.2. The van der Waals surface area contributed by atoms with Gasteiger partial charge in [-0.25, -0.2) is 4.39 Å². The number of hydrogen-bond donors (Lipinski definition) is 0. The molecule has 0 bridgehead atoms. The Labute approximate surface area is 143 Å². The van der Waals surface area contributed by atoms with E-state index in [0.717, 1.165) is 22.8 Å². The van der Waals surface area contributed by atoms with E-state index in [1.807, 2.05) is 30.3 Å². The SMILES string of the molecule is COc1cccc(SC/C=C\SSCc2ccc(F)cc2)c1. The van der Waals surface area contributed by atoms with Crippen LogP contribution in [0, 0.1) is 5.82 Å². The van der Waals surface area contributed by atoms with Crippen LogP contribution in [0.15, 0.2) is 64.9 Å². The molecule has 0 N–H and O–H groups in total. The van der Waals surface area contributed by atoms with Crippen LogP contribution in [0.3, 0.4) is 0 Å². The summed E-state index contributed by atoms with van der Waals surface area (Å²) >= 11 is 1.77. The zero-order chi connectivity index (χ0) is 15.6. The molecule has 0 heterocycles. The lowest BCUT2D eigenvalue weighted by atomic mass is 10.2. The van der Waals surface area contributed by atoms with E-state index in [4.69, 9.17) is 4.74 Å². The second-order valence-electron chi connectivity index (χ2n) is 4.35. The number of thioether (sulfide) groups is 1.